The zero-order valence-corrected chi connectivity index (χ0v) is 33.8. The fourth-order valence-electron chi connectivity index (χ4n) is 20.0. The summed E-state index contributed by atoms with van der Waals surface area (Å²) >= 11 is 0. The molecule has 4 aromatic heterocycles. The van der Waals surface area contributed by atoms with Crippen LogP contribution in [0.15, 0.2) is 103 Å². The van der Waals surface area contributed by atoms with Gasteiger partial charge < -0.3 is 4.40 Å². The first-order valence-electron chi connectivity index (χ1n) is 24.0. The van der Waals surface area contributed by atoms with Crippen LogP contribution in [-0.2, 0) is 10.8 Å². The maximum absolute atomic E-state index is 6.39. The molecule has 13 atom stereocenters. The van der Waals surface area contributed by atoms with Gasteiger partial charge in [-0.3, -0.25) is 9.97 Å². The Kier molecular flexibility index (Phi) is 4.43. The highest BCUT2D eigenvalue weighted by Crippen LogP contribution is 2.80. The molecule has 12 aliphatic carbocycles. The summed E-state index contributed by atoms with van der Waals surface area (Å²) in [6.07, 6.45) is 26.4. The van der Waals surface area contributed by atoms with E-state index in [1.165, 1.54) is 142 Å². The van der Waals surface area contributed by atoms with E-state index in [4.69, 9.17) is 9.97 Å². The third-order valence-corrected chi connectivity index (χ3v) is 21.7. The van der Waals surface area contributed by atoms with Crippen molar-refractivity contribution < 1.29 is 0 Å². The Morgan fingerprint density at radius 3 is 1.93 bits per heavy atom. The summed E-state index contributed by atoms with van der Waals surface area (Å²) in [7, 11) is 0. The number of aromatic nitrogens is 3. The Morgan fingerprint density at radius 2 is 1.20 bits per heavy atom. The van der Waals surface area contributed by atoms with Crippen LogP contribution in [0.2, 0.25) is 0 Å². The predicted molar refractivity (Wildman–Crippen MR) is 236 cm³/mol. The Morgan fingerprint density at radius 1 is 0.567 bits per heavy atom. The zero-order valence-electron chi connectivity index (χ0n) is 33.8. The molecule has 6 saturated carbocycles. The van der Waals surface area contributed by atoms with Gasteiger partial charge in [-0.2, -0.15) is 0 Å². The molecule has 3 nitrogen and oxygen atoms in total. The van der Waals surface area contributed by atoms with Crippen LogP contribution in [0, 0.1) is 34.5 Å². The van der Waals surface area contributed by atoms with Gasteiger partial charge in [-0.1, -0.05) is 85.0 Å². The molecule has 3 aromatic carbocycles. The maximum atomic E-state index is 6.39. The second-order valence-electron chi connectivity index (χ2n) is 22.9. The quantitative estimate of drug-likeness (QED) is 0.166. The first-order valence-corrected chi connectivity index (χ1v) is 24.0. The van der Waals surface area contributed by atoms with Crippen LogP contribution in [0.1, 0.15) is 139 Å². The molecule has 6 fully saturated rings. The molecular formula is C57H45N3. The number of hydrogen-bond acceptors (Lipinski definition) is 2. The summed E-state index contributed by atoms with van der Waals surface area (Å²) in [5.41, 5.74) is 21.2. The predicted octanol–water partition coefficient (Wildman–Crippen LogP) is 12.8. The van der Waals surface area contributed by atoms with E-state index in [0.29, 0.717) is 34.5 Å². The number of pyridine rings is 2. The molecule has 0 saturated heterocycles. The summed E-state index contributed by atoms with van der Waals surface area (Å²) in [4.78, 5) is 12.8. The van der Waals surface area contributed by atoms with Gasteiger partial charge in [0.05, 0.1) is 38.8 Å². The number of allylic oxidation sites excluding steroid dienone is 6. The summed E-state index contributed by atoms with van der Waals surface area (Å²) < 4.78 is 2.87. The third-order valence-electron chi connectivity index (χ3n) is 21.7. The normalized spacial score (nSPS) is 42.1. The summed E-state index contributed by atoms with van der Waals surface area (Å²) in [5.74, 6) is 6.23. The van der Waals surface area contributed by atoms with Gasteiger partial charge in [0.25, 0.3) is 0 Å². The third kappa shape index (κ3) is 2.66. The van der Waals surface area contributed by atoms with Crippen LogP contribution >= 0.6 is 0 Å². The first kappa shape index (κ1) is 30.1. The topological polar surface area (TPSA) is 30.2 Å². The van der Waals surface area contributed by atoms with E-state index in [1.54, 1.807) is 21.9 Å². The number of hydrogen-bond donors (Lipinski definition) is 0. The Hall–Kier alpha value is -5.02. The second kappa shape index (κ2) is 8.83. The van der Waals surface area contributed by atoms with Crippen molar-refractivity contribution in [1.29, 1.82) is 0 Å². The van der Waals surface area contributed by atoms with Crippen LogP contribution in [0.4, 0.5) is 0 Å². The van der Waals surface area contributed by atoms with Crippen molar-refractivity contribution in [3.8, 4) is 11.1 Å². The largest absolute Gasteiger partial charge is 0.304 e. The minimum absolute atomic E-state index is 0.173. The van der Waals surface area contributed by atoms with Crippen LogP contribution in [0.5, 0.6) is 0 Å². The molecule has 288 valence electrons. The summed E-state index contributed by atoms with van der Waals surface area (Å²) in [6, 6.07) is 26.3. The highest BCUT2D eigenvalue weighted by molar-refractivity contribution is 6.27. The average molecular weight is 772 g/mol. The molecular weight excluding hydrogens is 727 g/mol. The van der Waals surface area contributed by atoms with Crippen molar-refractivity contribution in [2.24, 2.45) is 34.5 Å². The maximum Gasteiger partial charge on any atom is 0.0804 e. The minimum Gasteiger partial charge on any atom is -0.304 e. The van der Waals surface area contributed by atoms with Crippen molar-refractivity contribution in [2.45, 2.75) is 105 Å². The van der Waals surface area contributed by atoms with E-state index in [2.05, 4.69) is 102 Å². The molecule has 3 heteroatoms. The molecule has 0 N–H and O–H groups in total. The molecule has 20 rings (SSSR count). The van der Waals surface area contributed by atoms with E-state index < -0.39 is 0 Å². The smallest absolute Gasteiger partial charge is 0.0804 e. The lowest BCUT2D eigenvalue weighted by molar-refractivity contribution is 0.00321. The molecule has 60 heavy (non-hydrogen) atoms. The van der Waals surface area contributed by atoms with Crippen LogP contribution < -0.4 is 0 Å². The average Bonchev–Trinajstić information content (AvgIpc) is 3.97. The number of fused-ring (bicyclic) bond motifs is 18. The fourth-order valence-corrected chi connectivity index (χ4v) is 20.0. The van der Waals surface area contributed by atoms with Gasteiger partial charge >= 0.3 is 0 Å². The van der Waals surface area contributed by atoms with Crippen LogP contribution in [0.25, 0.3) is 49.2 Å². The van der Waals surface area contributed by atoms with Crippen molar-refractivity contribution in [1.82, 2.24) is 14.4 Å². The van der Waals surface area contributed by atoms with E-state index in [9.17, 15) is 0 Å². The lowest BCUT2D eigenvalue weighted by Gasteiger charge is -2.66. The molecule has 0 radical (unpaired) electrons. The molecule has 13 aliphatic rings. The van der Waals surface area contributed by atoms with Crippen LogP contribution in [-0.4, -0.2) is 14.4 Å². The van der Waals surface area contributed by atoms with Gasteiger partial charge in [0, 0.05) is 50.7 Å². The van der Waals surface area contributed by atoms with Crippen LogP contribution in [0.3, 0.4) is 0 Å². The van der Waals surface area contributed by atoms with Crippen molar-refractivity contribution >= 4 is 38.1 Å². The highest BCUT2D eigenvalue weighted by atomic mass is 15.0. The first-order chi connectivity index (χ1) is 29.6. The van der Waals surface area contributed by atoms with Gasteiger partial charge in [-0.25, -0.2) is 0 Å². The molecule has 5 heterocycles. The van der Waals surface area contributed by atoms with E-state index >= 15 is 0 Å². The second-order valence-corrected chi connectivity index (χ2v) is 22.9. The van der Waals surface area contributed by atoms with E-state index in [0.717, 1.165) is 23.7 Å². The standard InChI is InChI=1S/C57H45N3/c1-2-8-27(9-3-1)28-18-39-44-42-29-14-34-20-36-16-31(24-54(34,36)22-29)47(42)58-49-46-38-11-4-5-12-41(38)57(46)33-10-6-7-13-56(57,26-33)53-52-45(40(19-28)50(39)60(52)51(44)49)43-30-15-35-21-37-17-32(48(43)59-53)25-55(35,37)23-30/h1-13,18-19,26,29-32,34-37,46H,14-17,20-25H2. The summed E-state index contributed by atoms with van der Waals surface area (Å²) in [5, 5.41) is 6.16. The molecule has 7 aromatic rings. The molecule has 1 aliphatic heterocycles. The fraction of sp³-hybridized carbons (Fsp3) is 0.404. The SMILES string of the molecule is C1=CC2=CC3(C=C1)c1nc4c(c5c6cc(-c7ccccc7)cc7c8c9c(nc(c8n(c15)c76)C1c5ccccc5C213)C1CC2CC3CC9CC23C1)C1CC2CC3CC4CC32C1. The van der Waals surface area contributed by atoms with Gasteiger partial charge in [0.15, 0.2) is 0 Å². The molecule has 13 unspecified atom stereocenters. The summed E-state index contributed by atoms with van der Waals surface area (Å²) in [6.45, 7) is 0. The monoisotopic (exact) mass is 771 g/mol. The molecule has 4 spiro atoms. The Bertz CT molecular complexity index is 3440. The molecule has 0 amide bonds. The Balaban J connectivity index is 1.08. The number of nitrogens with zero attached hydrogens (tertiary/aromatic N) is 3. The number of rotatable bonds is 1. The van der Waals surface area contributed by atoms with Gasteiger partial charge in [-0.15, -0.1) is 0 Å². The number of benzene rings is 3. The lowest BCUT2D eigenvalue weighted by atomic mass is 9.35. The van der Waals surface area contributed by atoms with Gasteiger partial charge in [-0.05, 0) is 162 Å². The van der Waals surface area contributed by atoms with Crippen molar-refractivity contribution in [3.05, 3.63) is 148 Å². The lowest BCUT2D eigenvalue weighted by Crippen LogP contribution is -2.64. The van der Waals surface area contributed by atoms with E-state index in [-0.39, 0.29) is 16.7 Å². The van der Waals surface area contributed by atoms with Gasteiger partial charge in [0.2, 0.25) is 0 Å². The minimum atomic E-state index is -0.356. The van der Waals surface area contributed by atoms with Crippen molar-refractivity contribution in [3.63, 3.8) is 0 Å². The van der Waals surface area contributed by atoms with Gasteiger partial charge in [0.1, 0.15) is 0 Å². The molecule has 8 bridgehead atoms. The highest BCUT2D eigenvalue weighted by Gasteiger charge is 2.73. The Labute approximate surface area is 349 Å². The zero-order chi connectivity index (χ0) is 38.0. The van der Waals surface area contributed by atoms with Crippen molar-refractivity contribution in [2.75, 3.05) is 0 Å². The van der Waals surface area contributed by atoms with E-state index in [1.807, 2.05) is 0 Å².